The maximum absolute atomic E-state index is 10.8. The van der Waals surface area contributed by atoms with Gasteiger partial charge in [-0.15, -0.1) is 0 Å². The minimum atomic E-state index is 0.117. The van der Waals surface area contributed by atoms with Gasteiger partial charge in [0.1, 0.15) is 0 Å². The number of hydrogen-bond acceptors (Lipinski definition) is 1. The van der Waals surface area contributed by atoms with Gasteiger partial charge in [-0.2, -0.15) is 0 Å². The zero-order valence-corrected chi connectivity index (χ0v) is 8.36. The summed E-state index contributed by atoms with van der Waals surface area (Å²) in [4.78, 5) is 10.8. The molecule has 0 aromatic carbocycles. The van der Waals surface area contributed by atoms with Crippen LogP contribution in [0.3, 0.4) is 0 Å². The van der Waals surface area contributed by atoms with Crippen LogP contribution in [0.4, 0.5) is 0 Å². The number of hydrogen-bond donors (Lipinski definition) is 1. The monoisotopic (exact) mass is 219 g/mol. The number of halogens is 1. The van der Waals surface area contributed by atoms with Gasteiger partial charge < -0.3 is 5.32 Å². The standard InChI is InChI=1S/C8H14BrNO/c1-2-3-4-7-10-8(11)5-6-9/h2-3H,4-7H2,1H3,(H,10,11)/b3-2+. The number of amides is 1. The number of allylic oxidation sites excluding steroid dienone is 1. The molecule has 0 unspecified atom stereocenters. The summed E-state index contributed by atoms with van der Waals surface area (Å²) in [6.07, 6.45) is 5.51. The van der Waals surface area contributed by atoms with Crippen molar-refractivity contribution >= 4 is 21.8 Å². The number of carbonyl (C=O) groups is 1. The lowest BCUT2D eigenvalue weighted by molar-refractivity contribution is -0.120. The van der Waals surface area contributed by atoms with Crippen molar-refractivity contribution in [2.75, 3.05) is 11.9 Å². The summed E-state index contributed by atoms with van der Waals surface area (Å²) >= 11 is 3.20. The third-order valence-electron chi connectivity index (χ3n) is 1.19. The van der Waals surface area contributed by atoms with Crippen LogP contribution >= 0.6 is 15.9 Å². The van der Waals surface area contributed by atoms with Gasteiger partial charge in [-0.1, -0.05) is 28.1 Å². The Hall–Kier alpha value is -0.310. The van der Waals surface area contributed by atoms with Gasteiger partial charge in [0.2, 0.25) is 5.91 Å². The van der Waals surface area contributed by atoms with Gasteiger partial charge in [-0.05, 0) is 13.3 Å². The lowest BCUT2D eigenvalue weighted by Crippen LogP contribution is -2.23. The van der Waals surface area contributed by atoms with Crippen molar-refractivity contribution in [3.05, 3.63) is 12.2 Å². The zero-order valence-electron chi connectivity index (χ0n) is 6.77. The van der Waals surface area contributed by atoms with E-state index in [2.05, 4.69) is 21.2 Å². The first kappa shape index (κ1) is 10.7. The van der Waals surface area contributed by atoms with Crippen molar-refractivity contribution in [3.63, 3.8) is 0 Å². The molecule has 1 amide bonds. The molecule has 1 N–H and O–H groups in total. The molecule has 0 aliphatic carbocycles. The molecule has 0 spiro atoms. The maximum Gasteiger partial charge on any atom is 0.220 e. The average Bonchev–Trinajstić information content (AvgIpc) is 1.99. The summed E-state index contributed by atoms with van der Waals surface area (Å²) < 4.78 is 0. The molecule has 0 aliphatic rings. The van der Waals surface area contributed by atoms with Gasteiger partial charge in [0.05, 0.1) is 0 Å². The van der Waals surface area contributed by atoms with Crippen molar-refractivity contribution < 1.29 is 4.79 Å². The van der Waals surface area contributed by atoms with E-state index >= 15 is 0 Å². The molecule has 0 atom stereocenters. The number of carbonyl (C=O) groups excluding carboxylic acids is 1. The van der Waals surface area contributed by atoms with Gasteiger partial charge >= 0.3 is 0 Å². The van der Waals surface area contributed by atoms with Crippen LogP contribution in [0.5, 0.6) is 0 Å². The molecule has 3 heteroatoms. The lowest BCUT2D eigenvalue weighted by atomic mass is 10.3. The average molecular weight is 220 g/mol. The fourth-order valence-corrected chi connectivity index (χ4v) is 0.996. The van der Waals surface area contributed by atoms with Crippen molar-refractivity contribution in [3.8, 4) is 0 Å². The quantitative estimate of drug-likeness (QED) is 0.427. The van der Waals surface area contributed by atoms with Crippen LogP contribution in [-0.4, -0.2) is 17.8 Å². The van der Waals surface area contributed by atoms with E-state index in [1.807, 2.05) is 19.1 Å². The first-order valence-electron chi connectivity index (χ1n) is 3.75. The highest BCUT2D eigenvalue weighted by Crippen LogP contribution is 1.87. The number of alkyl halides is 1. The smallest absolute Gasteiger partial charge is 0.220 e. The summed E-state index contributed by atoms with van der Waals surface area (Å²) in [6.45, 7) is 2.72. The maximum atomic E-state index is 10.8. The fraction of sp³-hybridized carbons (Fsp3) is 0.625. The topological polar surface area (TPSA) is 29.1 Å². The first-order chi connectivity index (χ1) is 5.31. The highest BCUT2D eigenvalue weighted by atomic mass is 79.9. The van der Waals surface area contributed by atoms with Crippen molar-refractivity contribution in [1.82, 2.24) is 5.32 Å². The second-order valence-electron chi connectivity index (χ2n) is 2.15. The molecule has 0 radical (unpaired) electrons. The molecule has 0 saturated heterocycles. The van der Waals surface area contributed by atoms with E-state index in [1.165, 1.54) is 0 Å². The third-order valence-corrected chi connectivity index (χ3v) is 1.59. The van der Waals surface area contributed by atoms with Gasteiger partial charge in [0.15, 0.2) is 0 Å². The first-order valence-corrected chi connectivity index (χ1v) is 4.87. The van der Waals surface area contributed by atoms with Crippen molar-refractivity contribution in [2.24, 2.45) is 0 Å². The zero-order chi connectivity index (χ0) is 8.53. The molecular weight excluding hydrogens is 206 g/mol. The van der Waals surface area contributed by atoms with Crippen molar-refractivity contribution in [1.29, 1.82) is 0 Å². The van der Waals surface area contributed by atoms with Crippen LogP contribution in [0.2, 0.25) is 0 Å². The highest BCUT2D eigenvalue weighted by Gasteiger charge is 1.95. The van der Waals surface area contributed by atoms with Crippen LogP contribution < -0.4 is 5.32 Å². The molecule has 11 heavy (non-hydrogen) atoms. The summed E-state index contributed by atoms with van der Waals surface area (Å²) in [5, 5.41) is 3.54. The second kappa shape index (κ2) is 7.79. The van der Waals surface area contributed by atoms with E-state index in [9.17, 15) is 4.79 Å². The predicted octanol–water partition coefficient (Wildman–Crippen LogP) is 1.85. The molecule has 64 valence electrons. The Morgan fingerprint density at radius 3 is 2.91 bits per heavy atom. The van der Waals surface area contributed by atoms with E-state index in [-0.39, 0.29) is 5.91 Å². The molecule has 0 aromatic heterocycles. The van der Waals surface area contributed by atoms with Crippen LogP contribution in [-0.2, 0) is 4.79 Å². The summed E-state index contributed by atoms with van der Waals surface area (Å²) in [7, 11) is 0. The van der Waals surface area contributed by atoms with E-state index in [1.54, 1.807) is 0 Å². The highest BCUT2D eigenvalue weighted by molar-refractivity contribution is 9.09. The Bertz CT molecular complexity index is 134. The van der Waals surface area contributed by atoms with Crippen LogP contribution in [0, 0.1) is 0 Å². The molecule has 0 saturated carbocycles. The fourth-order valence-electron chi connectivity index (χ4n) is 0.636. The van der Waals surface area contributed by atoms with E-state index in [0.717, 1.165) is 18.3 Å². The van der Waals surface area contributed by atoms with Crippen LogP contribution in [0.15, 0.2) is 12.2 Å². The molecular formula is C8H14BrNO. The Balaban J connectivity index is 3.17. The largest absolute Gasteiger partial charge is 0.356 e. The molecule has 0 fully saturated rings. The van der Waals surface area contributed by atoms with E-state index < -0.39 is 0 Å². The Morgan fingerprint density at radius 2 is 2.36 bits per heavy atom. The van der Waals surface area contributed by atoms with Gasteiger partial charge in [0.25, 0.3) is 0 Å². The van der Waals surface area contributed by atoms with Crippen LogP contribution in [0.25, 0.3) is 0 Å². The molecule has 0 heterocycles. The van der Waals surface area contributed by atoms with E-state index in [4.69, 9.17) is 0 Å². The normalized spacial score (nSPS) is 10.4. The van der Waals surface area contributed by atoms with Gasteiger partial charge in [-0.3, -0.25) is 4.79 Å². The third kappa shape index (κ3) is 7.59. The molecule has 0 bridgehead atoms. The Kier molecular flexibility index (Phi) is 7.57. The minimum Gasteiger partial charge on any atom is -0.356 e. The Morgan fingerprint density at radius 1 is 1.64 bits per heavy atom. The lowest BCUT2D eigenvalue weighted by Gasteiger charge is -1.99. The summed E-state index contributed by atoms with van der Waals surface area (Å²) in [5.41, 5.74) is 0. The predicted molar refractivity (Wildman–Crippen MR) is 50.9 cm³/mol. The summed E-state index contributed by atoms with van der Waals surface area (Å²) in [5.74, 6) is 0.117. The number of nitrogens with one attached hydrogen (secondary N) is 1. The summed E-state index contributed by atoms with van der Waals surface area (Å²) in [6, 6.07) is 0. The SMILES string of the molecule is C/C=C/CCNC(=O)CCBr. The van der Waals surface area contributed by atoms with Crippen molar-refractivity contribution in [2.45, 2.75) is 19.8 Å². The minimum absolute atomic E-state index is 0.117. The van der Waals surface area contributed by atoms with Crippen LogP contribution in [0.1, 0.15) is 19.8 Å². The molecule has 0 rings (SSSR count). The second-order valence-corrected chi connectivity index (χ2v) is 2.94. The number of rotatable bonds is 5. The van der Waals surface area contributed by atoms with E-state index in [0.29, 0.717) is 6.42 Å². The molecule has 2 nitrogen and oxygen atoms in total. The molecule has 0 aliphatic heterocycles. The van der Waals surface area contributed by atoms with Gasteiger partial charge in [-0.25, -0.2) is 0 Å². The van der Waals surface area contributed by atoms with Gasteiger partial charge in [0, 0.05) is 18.3 Å². The molecule has 0 aromatic rings. The Labute approximate surface area is 76.2 Å².